The third-order valence-electron chi connectivity index (χ3n) is 3.58. The lowest BCUT2D eigenvalue weighted by Crippen LogP contribution is -2.28. The van der Waals surface area contributed by atoms with E-state index in [1.165, 1.54) is 18.4 Å². The van der Waals surface area contributed by atoms with E-state index in [9.17, 15) is 0 Å². The van der Waals surface area contributed by atoms with Crippen molar-refractivity contribution in [2.75, 3.05) is 31.7 Å². The topological polar surface area (TPSA) is 37.4 Å². The molecule has 0 saturated heterocycles. The summed E-state index contributed by atoms with van der Waals surface area (Å²) in [6.07, 6.45) is 4.53. The Kier molecular flexibility index (Phi) is 5.56. The van der Waals surface area contributed by atoms with Crippen LogP contribution in [0.1, 0.15) is 24.1 Å². The summed E-state index contributed by atoms with van der Waals surface area (Å²) >= 11 is 0. The van der Waals surface area contributed by atoms with Gasteiger partial charge >= 0.3 is 0 Å². The van der Waals surface area contributed by atoms with Crippen LogP contribution in [0.5, 0.6) is 0 Å². The average Bonchev–Trinajstić information content (AvgIpc) is 3.26. The van der Waals surface area contributed by atoms with Crippen LogP contribution in [0.4, 0.5) is 5.82 Å². The van der Waals surface area contributed by atoms with Gasteiger partial charge in [0.2, 0.25) is 0 Å². The number of nitrogens with one attached hydrogen (secondary N) is 1. The number of nitrogens with zero attached hydrogens (tertiary/aromatic N) is 2. The van der Waals surface area contributed by atoms with Crippen molar-refractivity contribution in [3.63, 3.8) is 0 Å². The van der Waals surface area contributed by atoms with Gasteiger partial charge in [0, 0.05) is 38.5 Å². The molecular weight excluding hydrogens is 250 g/mol. The van der Waals surface area contributed by atoms with E-state index in [2.05, 4.69) is 35.9 Å². The molecule has 1 saturated carbocycles. The highest BCUT2D eigenvalue weighted by Crippen LogP contribution is 2.20. The number of aromatic nitrogens is 1. The van der Waals surface area contributed by atoms with E-state index < -0.39 is 0 Å². The molecule has 4 nitrogen and oxygen atoms in total. The molecule has 0 radical (unpaired) electrons. The number of rotatable bonds is 9. The van der Waals surface area contributed by atoms with Crippen molar-refractivity contribution < 1.29 is 4.74 Å². The van der Waals surface area contributed by atoms with Crippen molar-refractivity contribution >= 4 is 5.82 Å². The number of ether oxygens (including phenoxy) is 1. The van der Waals surface area contributed by atoms with Gasteiger partial charge in [0.25, 0.3) is 0 Å². The Morgan fingerprint density at radius 2 is 2.30 bits per heavy atom. The normalized spacial score (nSPS) is 14.3. The first-order valence-corrected chi connectivity index (χ1v) is 7.29. The van der Waals surface area contributed by atoms with Crippen molar-refractivity contribution in [3.05, 3.63) is 36.0 Å². The fourth-order valence-corrected chi connectivity index (χ4v) is 2.14. The minimum Gasteiger partial charge on any atom is -0.383 e. The summed E-state index contributed by atoms with van der Waals surface area (Å²) in [7, 11) is 1.72. The second-order valence-electron chi connectivity index (χ2n) is 5.30. The number of pyridine rings is 1. The summed E-state index contributed by atoms with van der Waals surface area (Å²) in [6.45, 7) is 9.12. The zero-order chi connectivity index (χ0) is 14.4. The van der Waals surface area contributed by atoms with Gasteiger partial charge in [-0.25, -0.2) is 4.98 Å². The lowest BCUT2D eigenvalue weighted by Gasteiger charge is -2.22. The van der Waals surface area contributed by atoms with Crippen LogP contribution in [0, 0.1) is 6.92 Å². The van der Waals surface area contributed by atoms with Gasteiger partial charge < -0.3 is 15.0 Å². The third-order valence-corrected chi connectivity index (χ3v) is 3.58. The van der Waals surface area contributed by atoms with Crippen molar-refractivity contribution in [2.45, 2.75) is 32.4 Å². The highest BCUT2D eigenvalue weighted by atomic mass is 16.5. The Labute approximate surface area is 121 Å². The molecule has 4 heteroatoms. The standard InChI is InChI=1S/C16H25N3O/c1-4-9-19(10-11-20-3)16-8-5-14(13(2)18-16)12-17-15-6-7-15/h4-5,8,15,17H,1,6-7,9-12H2,2-3H3. The molecule has 1 aromatic rings. The van der Waals surface area contributed by atoms with Gasteiger partial charge in [-0.1, -0.05) is 12.1 Å². The van der Waals surface area contributed by atoms with Crippen LogP contribution in [0.15, 0.2) is 24.8 Å². The Balaban J connectivity index is 2.01. The molecule has 1 aromatic heterocycles. The highest BCUT2D eigenvalue weighted by Gasteiger charge is 2.20. The fourth-order valence-electron chi connectivity index (χ4n) is 2.14. The van der Waals surface area contributed by atoms with E-state index in [0.29, 0.717) is 6.61 Å². The molecule has 0 atom stereocenters. The van der Waals surface area contributed by atoms with Crippen LogP contribution in [0.2, 0.25) is 0 Å². The largest absolute Gasteiger partial charge is 0.383 e. The first-order valence-electron chi connectivity index (χ1n) is 7.29. The number of hydrogen-bond acceptors (Lipinski definition) is 4. The number of aryl methyl sites for hydroxylation is 1. The highest BCUT2D eigenvalue weighted by molar-refractivity contribution is 5.42. The molecule has 20 heavy (non-hydrogen) atoms. The van der Waals surface area contributed by atoms with E-state index in [-0.39, 0.29) is 0 Å². The molecule has 1 fully saturated rings. The lowest BCUT2D eigenvalue weighted by molar-refractivity contribution is 0.205. The zero-order valence-electron chi connectivity index (χ0n) is 12.6. The summed E-state index contributed by atoms with van der Waals surface area (Å²) in [6, 6.07) is 5.00. The molecule has 0 amide bonds. The Hall–Kier alpha value is -1.39. The second-order valence-corrected chi connectivity index (χ2v) is 5.30. The van der Waals surface area contributed by atoms with Crippen LogP contribution in [0.3, 0.4) is 0 Å². The summed E-state index contributed by atoms with van der Waals surface area (Å²) in [5.74, 6) is 0.995. The van der Waals surface area contributed by atoms with Crippen molar-refractivity contribution in [2.24, 2.45) is 0 Å². The van der Waals surface area contributed by atoms with E-state index in [0.717, 1.165) is 37.2 Å². The molecule has 0 aliphatic heterocycles. The number of hydrogen-bond donors (Lipinski definition) is 1. The van der Waals surface area contributed by atoms with E-state index in [1.807, 2.05) is 6.08 Å². The van der Waals surface area contributed by atoms with Gasteiger partial charge in [-0.15, -0.1) is 6.58 Å². The van der Waals surface area contributed by atoms with Gasteiger partial charge in [-0.3, -0.25) is 0 Å². The van der Waals surface area contributed by atoms with E-state index in [4.69, 9.17) is 9.72 Å². The molecule has 0 aromatic carbocycles. The Morgan fingerprint density at radius 1 is 1.50 bits per heavy atom. The van der Waals surface area contributed by atoms with Crippen LogP contribution < -0.4 is 10.2 Å². The third kappa shape index (κ3) is 4.32. The van der Waals surface area contributed by atoms with Crippen LogP contribution in [0.25, 0.3) is 0 Å². The Bertz CT molecular complexity index is 443. The minimum atomic E-state index is 0.694. The summed E-state index contributed by atoms with van der Waals surface area (Å²) in [4.78, 5) is 6.91. The lowest BCUT2D eigenvalue weighted by atomic mass is 10.2. The summed E-state index contributed by atoms with van der Waals surface area (Å²) < 4.78 is 5.15. The maximum atomic E-state index is 5.15. The first kappa shape index (κ1) is 15.0. The molecule has 1 N–H and O–H groups in total. The van der Waals surface area contributed by atoms with Crippen molar-refractivity contribution in [1.82, 2.24) is 10.3 Å². The molecule has 110 valence electrons. The molecule has 1 aliphatic rings. The second kappa shape index (κ2) is 7.41. The van der Waals surface area contributed by atoms with Gasteiger partial charge in [-0.2, -0.15) is 0 Å². The summed E-state index contributed by atoms with van der Waals surface area (Å²) in [5, 5.41) is 3.53. The minimum absolute atomic E-state index is 0.694. The first-order chi connectivity index (χ1) is 9.74. The zero-order valence-corrected chi connectivity index (χ0v) is 12.6. The molecule has 1 aliphatic carbocycles. The molecule has 1 heterocycles. The van der Waals surface area contributed by atoms with Crippen LogP contribution in [-0.2, 0) is 11.3 Å². The molecule has 0 unspecified atom stereocenters. The smallest absolute Gasteiger partial charge is 0.129 e. The van der Waals surface area contributed by atoms with Gasteiger partial charge in [0.15, 0.2) is 0 Å². The van der Waals surface area contributed by atoms with E-state index >= 15 is 0 Å². The fraction of sp³-hybridized carbons (Fsp3) is 0.562. The van der Waals surface area contributed by atoms with Gasteiger partial charge in [-0.05, 0) is 31.4 Å². The maximum Gasteiger partial charge on any atom is 0.129 e. The summed E-state index contributed by atoms with van der Waals surface area (Å²) in [5.41, 5.74) is 2.38. The SMILES string of the molecule is C=CCN(CCOC)c1ccc(CNC2CC2)c(C)n1. The molecular formula is C16H25N3O. The predicted molar refractivity (Wildman–Crippen MR) is 83.1 cm³/mol. The number of anilines is 1. The van der Waals surface area contributed by atoms with Crippen LogP contribution >= 0.6 is 0 Å². The quantitative estimate of drug-likeness (QED) is 0.702. The molecule has 0 bridgehead atoms. The number of methoxy groups -OCH3 is 1. The van der Waals surface area contributed by atoms with Crippen molar-refractivity contribution in [3.8, 4) is 0 Å². The monoisotopic (exact) mass is 275 g/mol. The van der Waals surface area contributed by atoms with Gasteiger partial charge in [0.1, 0.15) is 5.82 Å². The van der Waals surface area contributed by atoms with E-state index in [1.54, 1.807) is 7.11 Å². The van der Waals surface area contributed by atoms with Gasteiger partial charge in [0.05, 0.1) is 6.61 Å². The average molecular weight is 275 g/mol. The predicted octanol–water partition coefficient (Wildman–Crippen LogP) is 2.28. The molecule has 2 rings (SSSR count). The Morgan fingerprint density at radius 3 is 2.90 bits per heavy atom. The van der Waals surface area contributed by atoms with Crippen molar-refractivity contribution in [1.29, 1.82) is 0 Å². The van der Waals surface area contributed by atoms with Crippen LogP contribution in [-0.4, -0.2) is 37.8 Å². The molecule has 0 spiro atoms. The maximum absolute atomic E-state index is 5.15.